The van der Waals surface area contributed by atoms with Crippen LogP contribution in [0.2, 0.25) is 0 Å². The van der Waals surface area contributed by atoms with Gasteiger partial charge in [0.2, 0.25) is 0 Å². The van der Waals surface area contributed by atoms with Crippen LogP contribution in [0, 0.1) is 0 Å². The average molecular weight is 375 g/mol. The van der Waals surface area contributed by atoms with Crippen LogP contribution in [0.5, 0.6) is 5.75 Å². The molecule has 1 amide bonds. The fourth-order valence-electron chi connectivity index (χ4n) is 2.91. The first-order valence-corrected chi connectivity index (χ1v) is 8.73. The predicted molar refractivity (Wildman–Crippen MR) is 107 cm³/mol. The zero-order valence-electron chi connectivity index (χ0n) is 15.6. The molecule has 0 aliphatic carbocycles. The van der Waals surface area contributed by atoms with Gasteiger partial charge in [-0.05, 0) is 39.8 Å². The summed E-state index contributed by atoms with van der Waals surface area (Å²) in [6.45, 7) is 8.91. The van der Waals surface area contributed by atoms with Gasteiger partial charge in [0, 0.05) is 19.6 Å². The summed E-state index contributed by atoms with van der Waals surface area (Å²) < 4.78 is 5.58. The molecule has 3 rings (SSSR count). The number of rotatable bonds is 5. The van der Waals surface area contributed by atoms with E-state index >= 15 is 0 Å². The molecule has 1 aliphatic rings. The first-order valence-electron chi connectivity index (χ1n) is 8.73. The standard InChI is InChI=1S/C21H26N2O2.ClH/c1-21(2,3)18-6-8-19(9-7-18)25-14-20(24)23-11-15-4-5-16-12-22-13-17(16)10-15;/h4-10,22H,11-14H2,1-3H3,(H,23,24);1H. The fraction of sp³-hybridized carbons (Fsp3) is 0.381. The zero-order valence-corrected chi connectivity index (χ0v) is 16.4. The number of carbonyl (C=O) groups is 1. The summed E-state index contributed by atoms with van der Waals surface area (Å²) in [4.78, 5) is 12.0. The molecule has 140 valence electrons. The van der Waals surface area contributed by atoms with Gasteiger partial charge in [-0.25, -0.2) is 0 Å². The Kier molecular flexibility index (Phi) is 6.68. The lowest BCUT2D eigenvalue weighted by molar-refractivity contribution is -0.123. The minimum atomic E-state index is -0.112. The summed E-state index contributed by atoms with van der Waals surface area (Å²) in [5, 5.41) is 6.24. The number of carbonyl (C=O) groups excluding carboxylic acids is 1. The number of halogens is 1. The SMILES string of the molecule is CC(C)(C)c1ccc(OCC(=O)NCc2ccc3c(c2)CNC3)cc1.Cl. The molecule has 4 nitrogen and oxygen atoms in total. The predicted octanol–water partition coefficient (Wildman–Crippen LogP) is 3.70. The van der Waals surface area contributed by atoms with Crippen molar-refractivity contribution < 1.29 is 9.53 Å². The number of benzene rings is 2. The molecule has 26 heavy (non-hydrogen) atoms. The third kappa shape index (κ3) is 5.23. The minimum Gasteiger partial charge on any atom is -0.484 e. The van der Waals surface area contributed by atoms with Crippen LogP contribution in [0.15, 0.2) is 42.5 Å². The Labute approximate surface area is 161 Å². The molecule has 0 unspecified atom stereocenters. The van der Waals surface area contributed by atoms with Crippen molar-refractivity contribution >= 4 is 18.3 Å². The van der Waals surface area contributed by atoms with E-state index < -0.39 is 0 Å². The smallest absolute Gasteiger partial charge is 0.258 e. The monoisotopic (exact) mass is 374 g/mol. The summed E-state index contributed by atoms with van der Waals surface area (Å²) in [6, 6.07) is 14.3. The summed E-state index contributed by atoms with van der Waals surface area (Å²) in [5.41, 5.74) is 5.14. The molecule has 0 saturated heterocycles. The molecule has 2 aromatic rings. The summed E-state index contributed by atoms with van der Waals surface area (Å²) in [7, 11) is 0. The third-order valence-corrected chi connectivity index (χ3v) is 4.48. The minimum absolute atomic E-state index is 0. The Morgan fingerprint density at radius 1 is 1.08 bits per heavy atom. The van der Waals surface area contributed by atoms with E-state index in [1.54, 1.807) is 0 Å². The van der Waals surface area contributed by atoms with E-state index in [1.165, 1.54) is 16.7 Å². The van der Waals surface area contributed by atoms with Gasteiger partial charge in [-0.1, -0.05) is 51.1 Å². The van der Waals surface area contributed by atoms with E-state index in [1.807, 2.05) is 24.3 Å². The molecule has 0 spiro atoms. The van der Waals surface area contributed by atoms with E-state index in [4.69, 9.17) is 4.74 Å². The second kappa shape index (κ2) is 8.56. The number of fused-ring (bicyclic) bond motifs is 1. The molecule has 2 aromatic carbocycles. The van der Waals surface area contributed by atoms with Crippen molar-refractivity contribution in [1.82, 2.24) is 10.6 Å². The molecular formula is C21H27ClN2O2. The molecule has 0 atom stereocenters. The Bertz CT molecular complexity index is 752. The highest BCUT2D eigenvalue weighted by Gasteiger charge is 2.13. The molecule has 5 heteroatoms. The molecule has 0 saturated carbocycles. The quantitative estimate of drug-likeness (QED) is 0.838. The maximum absolute atomic E-state index is 12.0. The lowest BCUT2D eigenvalue weighted by Crippen LogP contribution is -2.28. The van der Waals surface area contributed by atoms with Gasteiger partial charge in [0.25, 0.3) is 5.91 Å². The van der Waals surface area contributed by atoms with E-state index in [-0.39, 0.29) is 30.3 Å². The molecular weight excluding hydrogens is 348 g/mol. The maximum Gasteiger partial charge on any atom is 0.258 e. The van der Waals surface area contributed by atoms with Crippen LogP contribution in [0.1, 0.15) is 43.0 Å². The van der Waals surface area contributed by atoms with Crippen LogP contribution in [-0.4, -0.2) is 12.5 Å². The van der Waals surface area contributed by atoms with Gasteiger partial charge in [-0.15, -0.1) is 12.4 Å². The molecule has 1 heterocycles. The van der Waals surface area contributed by atoms with Crippen molar-refractivity contribution in [2.24, 2.45) is 0 Å². The van der Waals surface area contributed by atoms with Gasteiger partial charge in [0.15, 0.2) is 6.61 Å². The largest absolute Gasteiger partial charge is 0.484 e. The van der Waals surface area contributed by atoms with Crippen LogP contribution < -0.4 is 15.4 Å². The highest BCUT2D eigenvalue weighted by Crippen LogP contribution is 2.24. The molecule has 2 N–H and O–H groups in total. The zero-order chi connectivity index (χ0) is 17.9. The average Bonchev–Trinajstić information content (AvgIpc) is 3.05. The Hall–Kier alpha value is -2.04. The number of hydrogen-bond donors (Lipinski definition) is 2. The molecule has 0 bridgehead atoms. The normalized spacial score (nSPS) is 12.9. The molecule has 0 fully saturated rings. The van der Waals surface area contributed by atoms with Crippen molar-refractivity contribution in [3.8, 4) is 5.75 Å². The van der Waals surface area contributed by atoms with Gasteiger partial charge in [0.1, 0.15) is 5.75 Å². The van der Waals surface area contributed by atoms with Crippen LogP contribution in [0.25, 0.3) is 0 Å². The van der Waals surface area contributed by atoms with Gasteiger partial charge in [0.05, 0.1) is 0 Å². The first kappa shape index (κ1) is 20.3. The van der Waals surface area contributed by atoms with Crippen molar-refractivity contribution in [1.29, 1.82) is 0 Å². The van der Waals surface area contributed by atoms with Gasteiger partial charge in [-0.3, -0.25) is 4.79 Å². The van der Waals surface area contributed by atoms with E-state index in [0.717, 1.165) is 18.7 Å². The van der Waals surface area contributed by atoms with Gasteiger partial charge >= 0.3 is 0 Å². The summed E-state index contributed by atoms with van der Waals surface area (Å²) in [6.07, 6.45) is 0. The van der Waals surface area contributed by atoms with Crippen molar-refractivity contribution in [3.63, 3.8) is 0 Å². The Morgan fingerprint density at radius 3 is 2.46 bits per heavy atom. The van der Waals surface area contributed by atoms with E-state index in [9.17, 15) is 4.79 Å². The lowest BCUT2D eigenvalue weighted by atomic mass is 9.87. The van der Waals surface area contributed by atoms with Gasteiger partial charge in [-0.2, -0.15) is 0 Å². The van der Waals surface area contributed by atoms with Crippen LogP contribution in [0.4, 0.5) is 0 Å². The lowest BCUT2D eigenvalue weighted by Gasteiger charge is -2.19. The number of hydrogen-bond acceptors (Lipinski definition) is 3. The number of nitrogens with one attached hydrogen (secondary N) is 2. The highest BCUT2D eigenvalue weighted by atomic mass is 35.5. The van der Waals surface area contributed by atoms with Crippen LogP contribution >= 0.6 is 12.4 Å². The van der Waals surface area contributed by atoms with Crippen molar-refractivity contribution in [3.05, 3.63) is 64.7 Å². The second-order valence-corrected chi connectivity index (χ2v) is 7.55. The number of ether oxygens (including phenoxy) is 1. The highest BCUT2D eigenvalue weighted by molar-refractivity contribution is 5.85. The van der Waals surface area contributed by atoms with Gasteiger partial charge < -0.3 is 15.4 Å². The fourth-order valence-corrected chi connectivity index (χ4v) is 2.91. The molecule has 1 aliphatic heterocycles. The van der Waals surface area contributed by atoms with E-state index in [2.05, 4.69) is 49.6 Å². The molecule has 0 aromatic heterocycles. The maximum atomic E-state index is 12.0. The summed E-state index contributed by atoms with van der Waals surface area (Å²) in [5.74, 6) is 0.602. The topological polar surface area (TPSA) is 50.4 Å². The Balaban J connectivity index is 0.00000243. The van der Waals surface area contributed by atoms with Crippen molar-refractivity contribution in [2.75, 3.05) is 6.61 Å². The van der Waals surface area contributed by atoms with Crippen LogP contribution in [-0.2, 0) is 29.8 Å². The molecule has 0 radical (unpaired) electrons. The van der Waals surface area contributed by atoms with E-state index in [0.29, 0.717) is 12.3 Å². The van der Waals surface area contributed by atoms with Crippen LogP contribution in [0.3, 0.4) is 0 Å². The first-order chi connectivity index (χ1) is 11.9. The Morgan fingerprint density at radius 2 is 1.77 bits per heavy atom. The third-order valence-electron chi connectivity index (χ3n) is 4.48. The van der Waals surface area contributed by atoms with Crippen molar-refractivity contribution in [2.45, 2.75) is 45.8 Å². The summed E-state index contributed by atoms with van der Waals surface area (Å²) >= 11 is 0. The second-order valence-electron chi connectivity index (χ2n) is 7.55. The number of amides is 1.